The van der Waals surface area contributed by atoms with E-state index in [0.717, 1.165) is 11.0 Å². The van der Waals surface area contributed by atoms with Gasteiger partial charge in [-0.05, 0) is 6.08 Å². The molecule has 0 unspecified atom stereocenters. The van der Waals surface area contributed by atoms with Crippen molar-refractivity contribution >= 4 is 6.16 Å². The molecule has 4 nitrogen and oxygen atoms in total. The van der Waals surface area contributed by atoms with Crippen LogP contribution in [-0.4, -0.2) is 43.4 Å². The first-order valence-electron chi connectivity index (χ1n) is 3.11. The van der Waals surface area contributed by atoms with Crippen LogP contribution in [0.15, 0.2) is 12.7 Å². The second-order valence-corrected chi connectivity index (χ2v) is 3.03. The summed E-state index contributed by atoms with van der Waals surface area (Å²) in [5.74, 6) is 0. The van der Waals surface area contributed by atoms with Gasteiger partial charge in [-0.1, -0.05) is 6.58 Å². The Morgan fingerprint density at radius 3 is 1.91 bits per heavy atom. The van der Waals surface area contributed by atoms with Crippen LogP contribution < -0.4 is 5.11 Å². The summed E-state index contributed by atoms with van der Waals surface area (Å²) in [6.45, 7) is 4.67. The largest absolute Gasteiger partial charge is 0.565 e. The Morgan fingerprint density at radius 2 is 1.91 bits per heavy atom. The SMILES string of the molecule is C=CC[N+](C)(C)C.O=C([O-])O. The highest BCUT2D eigenvalue weighted by atomic mass is 16.6. The van der Waals surface area contributed by atoms with Crippen molar-refractivity contribution in [2.24, 2.45) is 0 Å². The molecule has 4 heteroatoms. The molecule has 0 aromatic rings. The molecule has 0 saturated carbocycles. The molecule has 0 aliphatic carbocycles. The zero-order valence-electron chi connectivity index (χ0n) is 7.20. The van der Waals surface area contributed by atoms with Gasteiger partial charge in [0.05, 0.1) is 27.7 Å². The van der Waals surface area contributed by atoms with E-state index in [1.54, 1.807) is 0 Å². The number of carboxylic acid groups (broad SMARTS) is 2. The molecule has 0 bridgehead atoms. The monoisotopic (exact) mass is 161 g/mol. The molecule has 0 spiro atoms. The van der Waals surface area contributed by atoms with E-state index in [1.165, 1.54) is 0 Å². The van der Waals surface area contributed by atoms with Gasteiger partial charge < -0.3 is 19.5 Å². The van der Waals surface area contributed by atoms with E-state index < -0.39 is 6.16 Å². The number of likely N-dealkylation sites (N-methyl/N-ethyl adjacent to an activating group) is 1. The van der Waals surface area contributed by atoms with Crippen molar-refractivity contribution in [3.05, 3.63) is 12.7 Å². The standard InChI is InChI=1S/C6H14N.CH2O3/c1-5-6-7(2,3)4;2-1(3)4/h5H,1,6H2,2-4H3;(H2,2,3,4)/q+1;/p-1. The maximum absolute atomic E-state index is 8.44. The third kappa shape index (κ3) is 49.4. The van der Waals surface area contributed by atoms with Crippen molar-refractivity contribution in [3.8, 4) is 0 Å². The molecule has 0 saturated heterocycles. The topological polar surface area (TPSA) is 60.4 Å². The van der Waals surface area contributed by atoms with Crippen LogP contribution in [0.1, 0.15) is 0 Å². The maximum atomic E-state index is 8.44. The van der Waals surface area contributed by atoms with Gasteiger partial charge in [0.2, 0.25) is 6.16 Å². The molecule has 0 rings (SSSR count). The first-order valence-corrected chi connectivity index (χ1v) is 3.11. The predicted molar refractivity (Wildman–Crippen MR) is 41.1 cm³/mol. The van der Waals surface area contributed by atoms with E-state index in [1.807, 2.05) is 6.08 Å². The van der Waals surface area contributed by atoms with E-state index in [9.17, 15) is 0 Å². The summed E-state index contributed by atoms with van der Waals surface area (Å²) < 4.78 is 0.976. The average Bonchev–Trinajstić information content (AvgIpc) is 1.58. The van der Waals surface area contributed by atoms with Crippen molar-refractivity contribution in [1.82, 2.24) is 0 Å². The molecule has 11 heavy (non-hydrogen) atoms. The third-order valence-electron chi connectivity index (χ3n) is 0.677. The summed E-state index contributed by atoms with van der Waals surface area (Å²) in [6, 6.07) is 0. The normalized spacial score (nSPS) is 9.36. The van der Waals surface area contributed by atoms with Gasteiger partial charge in [-0.15, -0.1) is 0 Å². The van der Waals surface area contributed by atoms with Crippen LogP contribution in [0.3, 0.4) is 0 Å². The van der Waals surface area contributed by atoms with Crippen LogP contribution in [0.25, 0.3) is 0 Å². The van der Waals surface area contributed by atoms with Crippen molar-refractivity contribution in [2.75, 3.05) is 27.7 Å². The molecule has 0 radical (unpaired) electrons. The summed E-state index contributed by atoms with van der Waals surface area (Å²) in [4.78, 5) is 8.44. The van der Waals surface area contributed by atoms with Crippen LogP contribution >= 0.6 is 0 Å². The number of carbonyl (C=O) groups is 1. The zero-order chi connectivity index (χ0) is 9.49. The van der Waals surface area contributed by atoms with Crippen LogP contribution in [0.2, 0.25) is 0 Å². The van der Waals surface area contributed by atoms with Gasteiger partial charge in [-0.2, -0.15) is 0 Å². The van der Waals surface area contributed by atoms with Crippen molar-refractivity contribution in [3.63, 3.8) is 0 Å². The van der Waals surface area contributed by atoms with Gasteiger partial charge in [-0.25, -0.2) is 0 Å². The Bertz CT molecular complexity index is 122. The maximum Gasteiger partial charge on any atom is 0.249 e. The van der Waals surface area contributed by atoms with Gasteiger partial charge in [0, 0.05) is 0 Å². The van der Waals surface area contributed by atoms with Gasteiger partial charge in [-0.3, -0.25) is 0 Å². The van der Waals surface area contributed by atoms with Gasteiger partial charge in [0.1, 0.15) is 0 Å². The van der Waals surface area contributed by atoms with Crippen LogP contribution in [0.4, 0.5) is 4.79 Å². The lowest BCUT2D eigenvalue weighted by molar-refractivity contribution is -0.864. The minimum absolute atomic E-state index is 0.976. The fourth-order valence-electron chi connectivity index (χ4n) is 0.387. The Kier molecular flexibility index (Phi) is 6.58. The highest BCUT2D eigenvalue weighted by Gasteiger charge is 1.99. The third-order valence-corrected chi connectivity index (χ3v) is 0.677. The Balaban J connectivity index is 0. The predicted octanol–water partition coefficient (Wildman–Crippen LogP) is -0.234. The minimum Gasteiger partial charge on any atom is -0.565 e. The summed E-state index contributed by atoms with van der Waals surface area (Å²) >= 11 is 0. The molecule has 0 fully saturated rings. The van der Waals surface area contributed by atoms with Crippen LogP contribution in [-0.2, 0) is 0 Å². The number of rotatable bonds is 2. The lowest BCUT2D eigenvalue weighted by Gasteiger charge is -2.21. The molecule has 66 valence electrons. The van der Waals surface area contributed by atoms with Crippen molar-refractivity contribution in [1.29, 1.82) is 0 Å². The van der Waals surface area contributed by atoms with Crippen LogP contribution in [0, 0.1) is 0 Å². The molecule has 0 amide bonds. The van der Waals surface area contributed by atoms with E-state index in [4.69, 9.17) is 15.0 Å². The van der Waals surface area contributed by atoms with Gasteiger partial charge >= 0.3 is 0 Å². The number of nitrogens with zero attached hydrogens (tertiary/aromatic N) is 1. The second kappa shape index (κ2) is 5.73. The fourth-order valence-corrected chi connectivity index (χ4v) is 0.387. The van der Waals surface area contributed by atoms with Crippen molar-refractivity contribution < 1.29 is 19.5 Å². The minimum atomic E-state index is -2.08. The molecule has 0 aliphatic heterocycles. The molecule has 0 aromatic carbocycles. The van der Waals surface area contributed by atoms with E-state index in [0.29, 0.717) is 0 Å². The van der Waals surface area contributed by atoms with Crippen molar-refractivity contribution in [2.45, 2.75) is 0 Å². The summed E-state index contributed by atoms with van der Waals surface area (Å²) in [5.41, 5.74) is 0. The summed E-state index contributed by atoms with van der Waals surface area (Å²) in [5, 5.41) is 15.3. The number of hydrogen-bond donors (Lipinski definition) is 1. The lowest BCUT2D eigenvalue weighted by atomic mass is 10.5. The molecule has 0 aromatic heterocycles. The molecule has 0 aliphatic rings. The molecule has 1 N–H and O–H groups in total. The molecular formula is C7H15NO3. The Morgan fingerprint density at radius 1 is 1.64 bits per heavy atom. The zero-order valence-corrected chi connectivity index (χ0v) is 7.20. The quantitative estimate of drug-likeness (QED) is 0.449. The lowest BCUT2D eigenvalue weighted by Crippen LogP contribution is -2.33. The van der Waals surface area contributed by atoms with E-state index >= 15 is 0 Å². The molecular weight excluding hydrogens is 146 g/mol. The Hall–Kier alpha value is -1.03. The first kappa shape index (κ1) is 12.6. The smallest absolute Gasteiger partial charge is 0.249 e. The fraction of sp³-hybridized carbons (Fsp3) is 0.571. The average molecular weight is 161 g/mol. The first-order chi connectivity index (χ1) is 4.79. The second-order valence-electron chi connectivity index (χ2n) is 3.03. The highest BCUT2D eigenvalue weighted by molar-refractivity contribution is 5.50. The summed E-state index contributed by atoms with van der Waals surface area (Å²) in [7, 11) is 6.42. The van der Waals surface area contributed by atoms with Crippen LogP contribution in [0.5, 0.6) is 0 Å². The molecule has 0 heterocycles. The van der Waals surface area contributed by atoms with Gasteiger partial charge in [0.25, 0.3) is 0 Å². The Labute approximate surface area is 67.0 Å². The highest BCUT2D eigenvalue weighted by Crippen LogP contribution is 1.86. The number of hydrogen-bond acceptors (Lipinski definition) is 2. The van der Waals surface area contributed by atoms with E-state index in [-0.39, 0.29) is 0 Å². The number of quaternary nitrogens is 1. The summed E-state index contributed by atoms with van der Waals surface area (Å²) in [6.07, 6.45) is -0.153. The van der Waals surface area contributed by atoms with E-state index in [2.05, 4.69) is 27.7 Å². The molecule has 0 atom stereocenters. The van der Waals surface area contributed by atoms with Gasteiger partial charge in [0.15, 0.2) is 0 Å².